The molecule has 6 heteroatoms. The van der Waals surface area contributed by atoms with Gasteiger partial charge in [0.15, 0.2) is 0 Å². The molecule has 1 N–H and O–H groups in total. The van der Waals surface area contributed by atoms with Gasteiger partial charge in [-0.2, -0.15) is 0 Å². The predicted molar refractivity (Wildman–Crippen MR) is 51.5 cm³/mol. The van der Waals surface area contributed by atoms with Gasteiger partial charge in [0.2, 0.25) is 0 Å². The summed E-state index contributed by atoms with van der Waals surface area (Å²) in [5.74, 6) is -0.836. The molecule has 0 bridgehead atoms. The molecule has 0 atom stereocenters. The molecule has 0 rings (SSSR count). The fraction of sp³-hybridized carbons (Fsp3) is 0.444. The number of amides is 2. The molecule has 0 saturated carbocycles. The van der Waals surface area contributed by atoms with Crippen LogP contribution in [0.3, 0.4) is 0 Å². The number of carbonyl (C=O) groups excluding carboxylic acids is 2. The molecule has 0 radical (unpaired) electrons. The van der Waals surface area contributed by atoms with E-state index >= 15 is 0 Å². The first-order chi connectivity index (χ1) is 7.15. The quantitative estimate of drug-likeness (QED) is 0.429. The maximum Gasteiger partial charge on any atom is 0.413 e. The number of hydrogen-bond acceptors (Lipinski definition) is 4. The highest BCUT2D eigenvalue weighted by Crippen LogP contribution is 1.97. The predicted octanol–water partition coefficient (Wildman–Crippen LogP) is 1.06. The van der Waals surface area contributed by atoms with Crippen LogP contribution >= 0.6 is 0 Å². The number of alkyl carbamates (subject to hydrolysis) is 1. The zero-order valence-electron chi connectivity index (χ0n) is 8.57. The van der Waals surface area contributed by atoms with Crippen LogP contribution in [0.5, 0.6) is 0 Å². The van der Waals surface area contributed by atoms with E-state index in [2.05, 4.69) is 9.58 Å². The van der Waals surface area contributed by atoms with Gasteiger partial charge in [-0.3, -0.25) is 10.1 Å². The Labute approximate surface area is 87.7 Å². The van der Waals surface area contributed by atoms with Gasteiger partial charge in [0, 0.05) is 0 Å². The SMILES string of the molecule is [C-]#[N+]/C(=C/OCC)C(=O)NC(=O)OCC. The van der Waals surface area contributed by atoms with Crippen molar-refractivity contribution in [2.75, 3.05) is 13.2 Å². The van der Waals surface area contributed by atoms with E-state index < -0.39 is 12.0 Å². The maximum atomic E-state index is 11.2. The molecule has 0 fully saturated rings. The number of imide groups is 1. The lowest BCUT2D eigenvalue weighted by molar-refractivity contribution is -0.116. The Morgan fingerprint density at radius 1 is 1.40 bits per heavy atom. The molecule has 2 amide bonds. The first kappa shape index (κ1) is 13.0. The van der Waals surface area contributed by atoms with Crippen molar-refractivity contribution >= 4 is 12.0 Å². The third-order valence-electron chi connectivity index (χ3n) is 1.21. The lowest BCUT2D eigenvalue weighted by Crippen LogP contribution is -2.31. The Morgan fingerprint density at radius 3 is 2.53 bits per heavy atom. The Balaban J connectivity index is 4.30. The van der Waals surface area contributed by atoms with Gasteiger partial charge in [0.25, 0.3) is 11.6 Å². The number of hydrogen-bond donors (Lipinski definition) is 1. The maximum absolute atomic E-state index is 11.2. The molecule has 6 nitrogen and oxygen atoms in total. The van der Waals surface area contributed by atoms with Crippen LogP contribution in [0, 0.1) is 6.57 Å². The molecule has 82 valence electrons. The molecule has 0 heterocycles. The molecule has 0 spiro atoms. The van der Waals surface area contributed by atoms with Gasteiger partial charge >= 0.3 is 6.09 Å². The minimum absolute atomic E-state index is 0.154. The van der Waals surface area contributed by atoms with E-state index in [-0.39, 0.29) is 12.3 Å². The Bertz CT molecular complexity index is 304. The van der Waals surface area contributed by atoms with Crippen LogP contribution in [0.4, 0.5) is 4.79 Å². The van der Waals surface area contributed by atoms with Gasteiger partial charge in [-0.1, -0.05) is 0 Å². The van der Waals surface area contributed by atoms with Gasteiger partial charge in [-0.05, 0) is 13.8 Å². The van der Waals surface area contributed by atoms with Crippen LogP contribution in [0.15, 0.2) is 12.0 Å². The summed E-state index contributed by atoms with van der Waals surface area (Å²) >= 11 is 0. The smallest absolute Gasteiger partial charge is 0.413 e. The lowest BCUT2D eigenvalue weighted by Gasteiger charge is -2.02. The van der Waals surface area contributed by atoms with E-state index in [1.165, 1.54) is 0 Å². The first-order valence-electron chi connectivity index (χ1n) is 4.33. The fourth-order valence-corrected chi connectivity index (χ4v) is 0.617. The van der Waals surface area contributed by atoms with Gasteiger partial charge in [0.05, 0.1) is 26.0 Å². The molecule has 0 unspecified atom stereocenters. The standard InChI is InChI=1S/C9H12N2O4/c1-4-14-6-7(10-3)8(12)11-9(13)15-5-2/h6H,4-5H2,1-2H3,(H,11,12,13)/b7-6+. The number of nitrogens with zero attached hydrogens (tertiary/aromatic N) is 1. The molecule has 0 aromatic heterocycles. The topological polar surface area (TPSA) is 69.0 Å². The molecular weight excluding hydrogens is 200 g/mol. The summed E-state index contributed by atoms with van der Waals surface area (Å²) in [5.41, 5.74) is -0.301. The van der Waals surface area contributed by atoms with Gasteiger partial charge in [-0.15, -0.1) is 0 Å². The fourth-order valence-electron chi connectivity index (χ4n) is 0.617. The van der Waals surface area contributed by atoms with Crippen LogP contribution in [-0.4, -0.2) is 25.2 Å². The normalized spacial score (nSPS) is 10.1. The monoisotopic (exact) mass is 212 g/mol. The average Bonchev–Trinajstić information content (AvgIpc) is 2.19. The zero-order valence-corrected chi connectivity index (χ0v) is 8.57. The largest absolute Gasteiger partial charge is 0.512 e. The summed E-state index contributed by atoms with van der Waals surface area (Å²) in [7, 11) is 0. The van der Waals surface area contributed by atoms with Crippen molar-refractivity contribution in [2.45, 2.75) is 13.8 Å². The number of rotatable bonds is 4. The van der Waals surface area contributed by atoms with E-state index in [9.17, 15) is 9.59 Å². The summed E-state index contributed by atoms with van der Waals surface area (Å²) in [6, 6.07) is 0. The van der Waals surface area contributed by atoms with Gasteiger partial charge < -0.3 is 9.47 Å². The third kappa shape index (κ3) is 5.31. The lowest BCUT2D eigenvalue weighted by atomic mass is 10.4. The van der Waals surface area contributed by atoms with E-state index in [0.29, 0.717) is 6.61 Å². The van der Waals surface area contributed by atoms with Crippen LogP contribution in [-0.2, 0) is 14.3 Å². The highest BCUT2D eigenvalue weighted by atomic mass is 16.5. The van der Waals surface area contributed by atoms with Crippen molar-refractivity contribution in [3.05, 3.63) is 23.4 Å². The number of ether oxygens (including phenoxy) is 2. The van der Waals surface area contributed by atoms with Crippen LogP contribution in [0.25, 0.3) is 4.85 Å². The molecular formula is C9H12N2O4. The molecule has 0 aliphatic heterocycles. The minimum atomic E-state index is -0.881. The molecule has 0 aromatic carbocycles. The van der Waals surface area contributed by atoms with Crippen molar-refractivity contribution in [2.24, 2.45) is 0 Å². The third-order valence-corrected chi connectivity index (χ3v) is 1.21. The molecule has 0 saturated heterocycles. The second kappa shape index (κ2) is 7.38. The van der Waals surface area contributed by atoms with Crippen molar-refractivity contribution in [1.82, 2.24) is 5.32 Å². The molecule has 0 aliphatic rings. The summed E-state index contributed by atoms with van der Waals surface area (Å²) in [6.45, 7) is 10.5. The van der Waals surface area contributed by atoms with Crippen molar-refractivity contribution in [3.8, 4) is 0 Å². The van der Waals surface area contributed by atoms with Gasteiger partial charge in [0.1, 0.15) is 0 Å². The van der Waals surface area contributed by atoms with E-state index in [1.807, 2.05) is 5.32 Å². The van der Waals surface area contributed by atoms with Crippen LogP contribution < -0.4 is 5.32 Å². The summed E-state index contributed by atoms with van der Waals surface area (Å²) in [5, 5.41) is 1.88. The summed E-state index contributed by atoms with van der Waals surface area (Å²) in [6.07, 6.45) is 0.121. The van der Waals surface area contributed by atoms with E-state index in [0.717, 1.165) is 6.26 Å². The first-order valence-corrected chi connectivity index (χ1v) is 4.33. The zero-order chi connectivity index (χ0) is 11.7. The van der Waals surface area contributed by atoms with Crippen LogP contribution in [0.2, 0.25) is 0 Å². The minimum Gasteiger partial charge on any atom is -0.512 e. The Morgan fingerprint density at radius 2 is 2.07 bits per heavy atom. The van der Waals surface area contributed by atoms with Crippen molar-refractivity contribution < 1.29 is 19.1 Å². The second-order valence-electron chi connectivity index (χ2n) is 2.24. The second-order valence-corrected chi connectivity index (χ2v) is 2.24. The summed E-state index contributed by atoms with van der Waals surface area (Å²) in [4.78, 5) is 24.9. The number of carbonyl (C=O) groups is 2. The summed E-state index contributed by atoms with van der Waals surface area (Å²) < 4.78 is 9.23. The Hall–Kier alpha value is -2.03. The molecule has 0 aromatic rings. The van der Waals surface area contributed by atoms with Gasteiger partial charge in [-0.25, -0.2) is 9.64 Å². The number of nitrogens with one attached hydrogen (secondary N) is 1. The highest BCUT2D eigenvalue weighted by molar-refractivity contribution is 6.03. The van der Waals surface area contributed by atoms with Crippen LogP contribution in [0.1, 0.15) is 13.8 Å². The average molecular weight is 212 g/mol. The van der Waals surface area contributed by atoms with Crippen molar-refractivity contribution in [1.29, 1.82) is 0 Å². The molecule has 15 heavy (non-hydrogen) atoms. The van der Waals surface area contributed by atoms with Crippen molar-refractivity contribution in [3.63, 3.8) is 0 Å². The molecule has 0 aliphatic carbocycles. The highest BCUT2D eigenvalue weighted by Gasteiger charge is 2.14. The van der Waals surface area contributed by atoms with E-state index in [4.69, 9.17) is 11.3 Å². The Kier molecular flexibility index (Phi) is 6.38. The van der Waals surface area contributed by atoms with E-state index in [1.54, 1.807) is 13.8 Å².